The van der Waals surface area contributed by atoms with E-state index in [-0.39, 0.29) is 0 Å². The van der Waals surface area contributed by atoms with Gasteiger partial charge in [0.1, 0.15) is 0 Å². The number of fused-ring (bicyclic) bond motifs is 2. The quantitative estimate of drug-likeness (QED) is 0.337. The molecule has 2 aliphatic carbocycles. The van der Waals surface area contributed by atoms with Gasteiger partial charge in [-0.2, -0.15) is 0 Å². The Balaban J connectivity index is 1.91. The van der Waals surface area contributed by atoms with Crippen LogP contribution in [0.15, 0.2) is 35.4 Å². The van der Waals surface area contributed by atoms with Crippen LogP contribution in [0.5, 0.6) is 0 Å². The zero-order chi connectivity index (χ0) is 26.0. The SMILES string of the molecule is CC1=Cc2c(C(C)C)cc(C(C)C)cc2[CH]1[Zr]([CH3])([CH3])[CH]1C(C)=Cc2c(C(C)C)cc(C(C)C)cc21. The summed E-state index contributed by atoms with van der Waals surface area (Å²) >= 11 is -2.81. The third-order valence-electron chi connectivity index (χ3n) is 8.87. The normalized spacial score (nSPS) is 19.7. The Morgan fingerprint density at radius 2 is 0.886 bits per heavy atom. The molecule has 0 aromatic heterocycles. The summed E-state index contributed by atoms with van der Waals surface area (Å²) in [6.07, 6.45) is 5.13. The average Bonchev–Trinajstić information content (AvgIpc) is 3.27. The van der Waals surface area contributed by atoms with Gasteiger partial charge in [-0.25, -0.2) is 0 Å². The van der Waals surface area contributed by atoms with E-state index < -0.39 is 20.3 Å². The Morgan fingerprint density at radius 3 is 1.17 bits per heavy atom. The molecule has 0 aliphatic heterocycles. The van der Waals surface area contributed by atoms with Gasteiger partial charge in [0.2, 0.25) is 0 Å². The molecule has 2 aromatic carbocycles. The van der Waals surface area contributed by atoms with Gasteiger partial charge in [0.15, 0.2) is 0 Å². The van der Waals surface area contributed by atoms with E-state index in [1.54, 1.807) is 44.5 Å². The second kappa shape index (κ2) is 9.60. The summed E-state index contributed by atoms with van der Waals surface area (Å²) in [5.74, 6) is 2.24. The molecule has 1 heteroatoms. The number of benzene rings is 2. The fourth-order valence-corrected chi connectivity index (χ4v) is 19.2. The standard InChI is InChI=1S/2C16H21.2CH3.Zr/c2*1-10(2)13-8-14-6-12(5)7-16(14)15(9-13)11(3)4;;;/h2*6-11H,1-5H3;2*1H3;. The third-order valence-corrected chi connectivity index (χ3v) is 20.0. The summed E-state index contributed by atoms with van der Waals surface area (Å²) in [5, 5.41) is 0. The van der Waals surface area contributed by atoms with E-state index in [9.17, 15) is 0 Å². The Morgan fingerprint density at radius 1 is 0.543 bits per heavy atom. The summed E-state index contributed by atoms with van der Waals surface area (Å²) in [5.41, 5.74) is 15.8. The van der Waals surface area contributed by atoms with Crippen LogP contribution in [0.2, 0.25) is 9.26 Å². The van der Waals surface area contributed by atoms with Gasteiger partial charge in [-0.15, -0.1) is 0 Å². The summed E-state index contributed by atoms with van der Waals surface area (Å²) in [6.45, 7) is 23.7. The first-order valence-corrected chi connectivity index (χ1v) is 21.7. The molecular weight excluding hydrogens is 500 g/mol. The Labute approximate surface area is 220 Å². The molecule has 0 spiro atoms. The maximum absolute atomic E-state index is 2.81. The van der Waals surface area contributed by atoms with Crippen molar-refractivity contribution in [3.63, 3.8) is 0 Å². The van der Waals surface area contributed by atoms with Crippen LogP contribution in [0.3, 0.4) is 0 Å². The molecule has 0 radical (unpaired) electrons. The maximum atomic E-state index is 2.75. The van der Waals surface area contributed by atoms with Crippen molar-refractivity contribution in [1.29, 1.82) is 0 Å². The van der Waals surface area contributed by atoms with Crippen LogP contribution >= 0.6 is 0 Å². The predicted molar refractivity (Wildman–Crippen MR) is 154 cm³/mol. The molecule has 2 unspecified atom stereocenters. The van der Waals surface area contributed by atoms with E-state index in [1.165, 1.54) is 11.1 Å². The van der Waals surface area contributed by atoms with Gasteiger partial charge in [0.25, 0.3) is 0 Å². The van der Waals surface area contributed by atoms with Crippen LogP contribution in [0.25, 0.3) is 12.2 Å². The van der Waals surface area contributed by atoms with Crippen molar-refractivity contribution in [2.45, 2.75) is 109 Å². The predicted octanol–water partition coefficient (Wildman–Crippen LogP) is 11.0. The second-order valence-corrected chi connectivity index (χ2v) is 25.1. The second-order valence-electron chi connectivity index (χ2n) is 13.3. The summed E-state index contributed by atoms with van der Waals surface area (Å²) in [4.78, 5) is 0. The molecule has 35 heavy (non-hydrogen) atoms. The molecule has 2 aliphatic rings. The van der Waals surface area contributed by atoms with Gasteiger partial charge in [-0.05, 0) is 0 Å². The van der Waals surface area contributed by atoms with E-state index in [1.807, 2.05) is 0 Å². The van der Waals surface area contributed by atoms with Gasteiger partial charge in [0, 0.05) is 0 Å². The molecule has 0 nitrogen and oxygen atoms in total. The molecule has 0 N–H and O–H groups in total. The average molecular weight is 548 g/mol. The van der Waals surface area contributed by atoms with Crippen LogP contribution in [-0.4, -0.2) is 0 Å². The first-order chi connectivity index (χ1) is 16.2. The third kappa shape index (κ3) is 4.54. The van der Waals surface area contributed by atoms with E-state index in [0.29, 0.717) is 30.9 Å². The molecule has 188 valence electrons. The fraction of sp³-hybridized carbons (Fsp3) is 0.529. The van der Waals surface area contributed by atoms with Gasteiger partial charge < -0.3 is 0 Å². The minimum absolute atomic E-state index is 0.555. The van der Waals surface area contributed by atoms with Gasteiger partial charge in [-0.3, -0.25) is 0 Å². The van der Waals surface area contributed by atoms with E-state index in [2.05, 4.69) is 115 Å². The molecule has 0 bridgehead atoms. The van der Waals surface area contributed by atoms with Crippen molar-refractivity contribution in [1.82, 2.24) is 0 Å². The minimum atomic E-state index is -2.81. The van der Waals surface area contributed by atoms with Crippen LogP contribution in [0.4, 0.5) is 0 Å². The molecule has 0 heterocycles. The molecule has 4 rings (SSSR count). The Hall–Kier alpha value is -1.20. The van der Waals surface area contributed by atoms with Crippen LogP contribution < -0.4 is 0 Å². The number of rotatable bonds is 6. The Bertz CT molecular complexity index is 1110. The van der Waals surface area contributed by atoms with Crippen molar-refractivity contribution in [2.75, 3.05) is 0 Å². The van der Waals surface area contributed by atoms with Crippen LogP contribution in [0.1, 0.15) is 145 Å². The molecule has 2 atom stereocenters. The monoisotopic (exact) mass is 546 g/mol. The van der Waals surface area contributed by atoms with Gasteiger partial charge in [0.05, 0.1) is 0 Å². The van der Waals surface area contributed by atoms with E-state index in [0.717, 1.165) is 0 Å². The molecule has 2 aromatic rings. The zero-order valence-electron chi connectivity index (χ0n) is 24.4. The number of allylic oxidation sites excluding steroid dienone is 2. The molecular formula is C34H48Zr. The zero-order valence-corrected chi connectivity index (χ0v) is 26.9. The van der Waals surface area contributed by atoms with Crippen molar-refractivity contribution in [2.24, 2.45) is 0 Å². The van der Waals surface area contributed by atoms with Gasteiger partial charge >= 0.3 is 222 Å². The molecule has 0 saturated heterocycles. The molecule has 0 fully saturated rings. The van der Waals surface area contributed by atoms with Crippen molar-refractivity contribution in [3.05, 3.63) is 79.9 Å². The van der Waals surface area contributed by atoms with Crippen molar-refractivity contribution in [3.8, 4) is 0 Å². The first-order valence-electron chi connectivity index (χ1n) is 14.0. The van der Waals surface area contributed by atoms with E-state index in [4.69, 9.17) is 0 Å². The fourth-order valence-electron chi connectivity index (χ4n) is 7.13. The number of hydrogen-bond donors (Lipinski definition) is 0. The molecule has 0 saturated carbocycles. The first kappa shape index (κ1) is 26.9. The van der Waals surface area contributed by atoms with Crippen molar-refractivity contribution < 1.29 is 20.3 Å². The van der Waals surface area contributed by atoms with E-state index >= 15 is 0 Å². The van der Waals surface area contributed by atoms with Gasteiger partial charge in [-0.1, -0.05) is 0 Å². The van der Waals surface area contributed by atoms with Crippen LogP contribution in [-0.2, 0) is 20.3 Å². The van der Waals surface area contributed by atoms with Crippen LogP contribution in [0, 0.1) is 0 Å². The Kier molecular flexibility index (Phi) is 7.36. The topological polar surface area (TPSA) is 0 Å². The summed E-state index contributed by atoms with van der Waals surface area (Å²) in [7, 11) is 0. The summed E-state index contributed by atoms with van der Waals surface area (Å²) in [6, 6.07) is 10.2. The summed E-state index contributed by atoms with van der Waals surface area (Å²) < 4.78 is 6.77. The van der Waals surface area contributed by atoms with Crippen molar-refractivity contribution >= 4 is 12.2 Å². The molecule has 0 amide bonds. The number of hydrogen-bond acceptors (Lipinski definition) is 0.